The number of fused-ring (bicyclic) bond motifs is 2. The van der Waals surface area contributed by atoms with Gasteiger partial charge in [0, 0.05) is 29.5 Å². The van der Waals surface area contributed by atoms with Crippen LogP contribution in [0.5, 0.6) is 11.5 Å². The molecule has 0 saturated carbocycles. The van der Waals surface area contributed by atoms with Crippen LogP contribution in [0.3, 0.4) is 0 Å². The number of benzene rings is 3. The van der Waals surface area contributed by atoms with Gasteiger partial charge in [0.05, 0.1) is 16.8 Å². The van der Waals surface area contributed by atoms with Gasteiger partial charge in [0.1, 0.15) is 23.9 Å². The minimum absolute atomic E-state index is 0.170. The first kappa shape index (κ1) is 27.1. The number of carbonyl (C=O) groups is 2. The van der Waals surface area contributed by atoms with Gasteiger partial charge in [-0.15, -0.1) is 0 Å². The molecule has 1 saturated heterocycles. The van der Waals surface area contributed by atoms with Gasteiger partial charge >= 0.3 is 13.1 Å². The normalized spacial score (nSPS) is 21.9. The molecule has 1 N–H and O–H groups in total. The zero-order valence-electron chi connectivity index (χ0n) is 23.4. The molecule has 1 fully saturated rings. The molecule has 8 heteroatoms. The molecule has 3 aromatic carbocycles. The summed E-state index contributed by atoms with van der Waals surface area (Å²) in [4.78, 5) is 24.3. The molecule has 0 aromatic heterocycles. The SMILES string of the molecule is CC1(C)OB(c2ccccc2COc2ccc3c(c2)OC2=CC(=O)C=CC2C3c2ccccc2C(=O)O)OC1(C)C. The summed E-state index contributed by atoms with van der Waals surface area (Å²) in [6, 6.07) is 20.4. The second kappa shape index (κ2) is 10.0. The van der Waals surface area contributed by atoms with Crippen molar-refractivity contribution in [3.63, 3.8) is 0 Å². The highest BCUT2D eigenvalue weighted by molar-refractivity contribution is 6.62. The summed E-state index contributed by atoms with van der Waals surface area (Å²) in [7, 11) is -0.512. The van der Waals surface area contributed by atoms with Crippen molar-refractivity contribution in [1.82, 2.24) is 0 Å². The Morgan fingerprint density at radius 2 is 1.66 bits per heavy atom. The third-order valence-electron chi connectivity index (χ3n) is 8.47. The van der Waals surface area contributed by atoms with E-state index in [4.69, 9.17) is 18.8 Å². The average Bonchev–Trinajstić information content (AvgIpc) is 3.16. The Morgan fingerprint density at radius 1 is 0.951 bits per heavy atom. The predicted octanol–water partition coefficient (Wildman–Crippen LogP) is 5.43. The molecule has 0 radical (unpaired) electrons. The van der Waals surface area contributed by atoms with Crippen molar-refractivity contribution in [3.05, 3.63) is 113 Å². The molecule has 0 bridgehead atoms. The van der Waals surface area contributed by atoms with Crippen molar-refractivity contribution in [1.29, 1.82) is 0 Å². The van der Waals surface area contributed by atoms with Gasteiger partial charge in [-0.05, 0) is 62.5 Å². The molecule has 208 valence electrons. The van der Waals surface area contributed by atoms with E-state index in [1.807, 2.05) is 76.2 Å². The van der Waals surface area contributed by atoms with Crippen LogP contribution in [0.4, 0.5) is 0 Å². The predicted molar refractivity (Wildman–Crippen MR) is 155 cm³/mol. The highest BCUT2D eigenvalue weighted by Gasteiger charge is 2.52. The van der Waals surface area contributed by atoms with Gasteiger partial charge < -0.3 is 23.9 Å². The summed E-state index contributed by atoms with van der Waals surface area (Å²) in [5.74, 6) is -0.239. The van der Waals surface area contributed by atoms with Gasteiger partial charge in [-0.3, -0.25) is 4.79 Å². The number of ether oxygens (including phenoxy) is 2. The molecular weight excluding hydrogens is 519 g/mol. The van der Waals surface area contributed by atoms with Crippen molar-refractivity contribution in [2.45, 2.75) is 51.4 Å². The van der Waals surface area contributed by atoms with Crippen LogP contribution in [0.15, 0.2) is 90.7 Å². The lowest BCUT2D eigenvalue weighted by Gasteiger charge is -2.35. The highest BCUT2D eigenvalue weighted by atomic mass is 16.7. The molecule has 3 aliphatic rings. The summed E-state index contributed by atoms with van der Waals surface area (Å²) >= 11 is 0. The number of carboxylic acids is 1. The first-order valence-corrected chi connectivity index (χ1v) is 13.7. The van der Waals surface area contributed by atoms with E-state index in [-0.39, 0.29) is 29.8 Å². The Labute approximate surface area is 239 Å². The minimum atomic E-state index is -1.00. The van der Waals surface area contributed by atoms with E-state index in [1.54, 1.807) is 24.3 Å². The van der Waals surface area contributed by atoms with Crippen LogP contribution in [0.1, 0.15) is 60.7 Å². The van der Waals surface area contributed by atoms with Gasteiger partial charge in [-0.2, -0.15) is 0 Å². The van der Waals surface area contributed by atoms with Crippen LogP contribution >= 0.6 is 0 Å². The average molecular weight is 550 g/mol. The molecule has 0 amide bonds. The highest BCUT2D eigenvalue weighted by Crippen LogP contribution is 2.49. The van der Waals surface area contributed by atoms with E-state index in [1.165, 1.54) is 12.2 Å². The smallest absolute Gasteiger partial charge is 0.489 e. The summed E-state index contributed by atoms with van der Waals surface area (Å²) < 4.78 is 25.0. The minimum Gasteiger partial charge on any atom is -0.489 e. The third-order valence-corrected chi connectivity index (χ3v) is 8.47. The van der Waals surface area contributed by atoms with Crippen LogP contribution in [-0.4, -0.2) is 35.2 Å². The lowest BCUT2D eigenvalue weighted by atomic mass is 9.74. The van der Waals surface area contributed by atoms with Gasteiger partial charge in [0.15, 0.2) is 5.78 Å². The largest absolute Gasteiger partial charge is 0.495 e. The number of rotatable bonds is 6. The molecule has 7 nitrogen and oxygen atoms in total. The quantitative estimate of drug-likeness (QED) is 0.410. The third kappa shape index (κ3) is 4.87. The lowest BCUT2D eigenvalue weighted by molar-refractivity contribution is -0.110. The molecule has 3 aromatic rings. The summed E-state index contributed by atoms with van der Waals surface area (Å²) in [5.41, 5.74) is 2.62. The second-order valence-corrected chi connectivity index (χ2v) is 11.6. The Hall–Kier alpha value is -4.14. The fraction of sp³-hybridized carbons (Fsp3) is 0.273. The fourth-order valence-corrected chi connectivity index (χ4v) is 5.57. The van der Waals surface area contributed by atoms with Crippen LogP contribution < -0.4 is 14.9 Å². The van der Waals surface area contributed by atoms with Crippen LogP contribution in [0.2, 0.25) is 0 Å². The Bertz CT molecular complexity index is 1590. The first-order valence-electron chi connectivity index (χ1n) is 13.7. The van der Waals surface area contributed by atoms with E-state index in [9.17, 15) is 14.7 Å². The van der Waals surface area contributed by atoms with Crippen molar-refractivity contribution < 1.29 is 33.5 Å². The topological polar surface area (TPSA) is 91.3 Å². The molecule has 6 rings (SSSR count). The summed E-state index contributed by atoms with van der Waals surface area (Å²) in [5, 5.41) is 9.91. The molecular formula is C33H31BO7. The zero-order valence-corrected chi connectivity index (χ0v) is 23.4. The molecule has 1 aliphatic carbocycles. The second-order valence-electron chi connectivity index (χ2n) is 11.6. The number of allylic oxidation sites excluding steroid dienone is 3. The van der Waals surface area contributed by atoms with Gasteiger partial charge in [0.25, 0.3) is 0 Å². The summed E-state index contributed by atoms with van der Waals surface area (Å²) in [6.07, 6.45) is 4.77. The van der Waals surface area contributed by atoms with E-state index in [0.717, 1.165) is 16.6 Å². The van der Waals surface area contributed by atoms with Crippen molar-refractivity contribution in [3.8, 4) is 11.5 Å². The lowest BCUT2D eigenvalue weighted by Crippen LogP contribution is -2.41. The Kier molecular flexibility index (Phi) is 6.63. The molecule has 0 spiro atoms. The van der Waals surface area contributed by atoms with Crippen LogP contribution in [0.25, 0.3) is 0 Å². The number of hydrogen-bond acceptors (Lipinski definition) is 6. The fourth-order valence-electron chi connectivity index (χ4n) is 5.57. The van der Waals surface area contributed by atoms with Gasteiger partial charge in [-0.25, -0.2) is 4.79 Å². The number of aromatic carboxylic acids is 1. The van der Waals surface area contributed by atoms with Crippen molar-refractivity contribution in [2.75, 3.05) is 0 Å². The van der Waals surface area contributed by atoms with E-state index < -0.39 is 24.3 Å². The van der Waals surface area contributed by atoms with Crippen molar-refractivity contribution >= 4 is 24.3 Å². The monoisotopic (exact) mass is 550 g/mol. The first-order chi connectivity index (χ1) is 19.5. The van der Waals surface area contributed by atoms with E-state index in [2.05, 4.69) is 0 Å². The summed E-state index contributed by atoms with van der Waals surface area (Å²) in [6.45, 7) is 8.37. The van der Waals surface area contributed by atoms with Gasteiger partial charge in [-0.1, -0.05) is 54.6 Å². The van der Waals surface area contributed by atoms with E-state index >= 15 is 0 Å². The molecule has 41 heavy (non-hydrogen) atoms. The number of carboxylic acid groups (broad SMARTS) is 1. The molecule has 2 unspecified atom stereocenters. The number of carbonyl (C=O) groups excluding carboxylic acids is 1. The zero-order chi connectivity index (χ0) is 28.9. The molecule has 2 heterocycles. The number of ketones is 1. The Balaban J connectivity index is 1.31. The van der Waals surface area contributed by atoms with Crippen LogP contribution in [0, 0.1) is 5.92 Å². The Morgan fingerprint density at radius 3 is 2.41 bits per heavy atom. The van der Waals surface area contributed by atoms with Gasteiger partial charge in [0.2, 0.25) is 0 Å². The van der Waals surface area contributed by atoms with Crippen LogP contribution in [-0.2, 0) is 20.7 Å². The number of hydrogen-bond donors (Lipinski definition) is 1. The maximum atomic E-state index is 12.2. The maximum Gasteiger partial charge on any atom is 0.495 e. The van der Waals surface area contributed by atoms with E-state index in [0.29, 0.717) is 22.8 Å². The molecule has 2 aliphatic heterocycles. The molecule has 2 atom stereocenters. The van der Waals surface area contributed by atoms with Crippen molar-refractivity contribution in [2.24, 2.45) is 5.92 Å². The maximum absolute atomic E-state index is 12.2. The standard InChI is InChI=1S/C33H31BO7/c1-32(2)33(3,4)41-34(40-32)27-12-8-5-9-20(27)19-38-22-14-16-26-29(18-22)39-28-17-21(35)13-15-25(28)30(26)23-10-6-7-11-24(23)31(36)37/h5-18,25,30H,19H2,1-4H3,(H,36,37).